The Balaban J connectivity index is 2.73. The van der Waals surface area contributed by atoms with Crippen molar-refractivity contribution >= 4 is 5.91 Å². The van der Waals surface area contributed by atoms with Crippen LogP contribution >= 0.6 is 0 Å². The van der Waals surface area contributed by atoms with Crippen LogP contribution in [-0.4, -0.2) is 21.1 Å². The molecule has 1 aromatic rings. The Labute approximate surface area is 77.5 Å². The van der Waals surface area contributed by atoms with Crippen LogP contribution in [0.4, 0.5) is 0 Å². The Hall–Kier alpha value is -1.96. The van der Waals surface area contributed by atoms with Gasteiger partial charge in [0.2, 0.25) is 5.91 Å². The highest BCUT2D eigenvalue weighted by molar-refractivity contribution is 5.75. The first-order chi connectivity index (χ1) is 6.63. The number of hydrazine groups is 1. The predicted molar refractivity (Wildman–Crippen MR) is 46.1 cm³/mol. The van der Waals surface area contributed by atoms with Crippen molar-refractivity contribution in [2.24, 2.45) is 5.84 Å². The van der Waals surface area contributed by atoms with Gasteiger partial charge in [0.25, 0.3) is 5.56 Å². The average Bonchev–Trinajstić information content (AvgIpc) is 2.16. The van der Waals surface area contributed by atoms with Gasteiger partial charge in [-0.2, -0.15) is 5.10 Å². The molecule has 0 saturated heterocycles. The molecule has 0 spiro atoms. The third kappa shape index (κ3) is 2.52. The molecule has 1 heterocycles. The Bertz CT molecular complexity index is 434. The van der Waals surface area contributed by atoms with Gasteiger partial charge < -0.3 is 0 Å². The van der Waals surface area contributed by atoms with Gasteiger partial charge in [-0.15, -0.1) is 0 Å². The molecule has 1 aromatic heterocycles. The second-order valence-electron chi connectivity index (χ2n) is 2.52. The topological polar surface area (TPSA) is 134 Å². The fourth-order valence-corrected chi connectivity index (χ4v) is 0.846. The molecule has 14 heavy (non-hydrogen) atoms. The highest BCUT2D eigenvalue weighted by Gasteiger charge is 2.05. The van der Waals surface area contributed by atoms with Gasteiger partial charge in [0, 0.05) is 12.8 Å². The Morgan fingerprint density at radius 3 is 2.79 bits per heavy atom. The van der Waals surface area contributed by atoms with E-state index in [0.717, 1.165) is 0 Å². The maximum atomic E-state index is 11.0. The predicted octanol–water partition coefficient (Wildman–Crippen LogP) is -2.62. The first kappa shape index (κ1) is 10.1. The molecule has 1 rings (SSSR count). The summed E-state index contributed by atoms with van der Waals surface area (Å²) in [6.45, 7) is 0. The number of H-pyrrole nitrogens is 2. The summed E-state index contributed by atoms with van der Waals surface area (Å²) in [6, 6.07) is 0. The van der Waals surface area contributed by atoms with Crippen LogP contribution in [0.5, 0.6) is 0 Å². The van der Waals surface area contributed by atoms with Gasteiger partial charge >= 0.3 is 5.69 Å². The van der Waals surface area contributed by atoms with Crippen LogP contribution in [-0.2, 0) is 11.2 Å². The third-order valence-electron chi connectivity index (χ3n) is 1.53. The maximum Gasteiger partial charge on any atom is 0.342 e. The number of aryl methyl sites for hydroxylation is 1. The maximum absolute atomic E-state index is 11.0. The molecule has 0 aliphatic carbocycles. The summed E-state index contributed by atoms with van der Waals surface area (Å²) >= 11 is 0. The fourth-order valence-electron chi connectivity index (χ4n) is 0.846. The number of aromatic nitrogens is 3. The fraction of sp³-hybridized carbons (Fsp3) is 0.333. The quantitative estimate of drug-likeness (QED) is 0.240. The van der Waals surface area contributed by atoms with E-state index >= 15 is 0 Å². The molecule has 0 aliphatic heterocycles. The van der Waals surface area contributed by atoms with Crippen molar-refractivity contribution < 1.29 is 4.79 Å². The summed E-state index contributed by atoms with van der Waals surface area (Å²) in [5, 5.41) is 5.54. The molecule has 1 amide bonds. The van der Waals surface area contributed by atoms with Crippen LogP contribution in [0, 0.1) is 0 Å². The monoisotopic (exact) mass is 199 g/mol. The smallest absolute Gasteiger partial charge is 0.294 e. The standard InChI is InChI=1S/C6H9N5O3/c7-9-4(12)2-1-3-5(13)8-6(14)11-10-3/h1-2,7H2,(H,9,12)(H2,8,11,13,14). The number of hydrogen-bond donors (Lipinski definition) is 4. The van der Waals surface area contributed by atoms with Gasteiger partial charge in [0.1, 0.15) is 5.69 Å². The first-order valence-corrected chi connectivity index (χ1v) is 3.81. The molecule has 0 unspecified atom stereocenters. The van der Waals surface area contributed by atoms with Crippen molar-refractivity contribution in [3.05, 3.63) is 26.5 Å². The summed E-state index contributed by atoms with van der Waals surface area (Å²) in [5.41, 5.74) is 0.729. The number of rotatable bonds is 3. The van der Waals surface area contributed by atoms with E-state index in [-0.39, 0.29) is 18.5 Å². The number of amides is 1. The van der Waals surface area contributed by atoms with Gasteiger partial charge in [-0.1, -0.05) is 0 Å². The lowest BCUT2D eigenvalue weighted by molar-refractivity contribution is -0.121. The number of hydrogen-bond acceptors (Lipinski definition) is 5. The molecule has 0 saturated carbocycles. The van der Waals surface area contributed by atoms with Crippen LogP contribution in [0.3, 0.4) is 0 Å². The molecular weight excluding hydrogens is 190 g/mol. The molecule has 8 heteroatoms. The summed E-state index contributed by atoms with van der Waals surface area (Å²) in [4.78, 5) is 34.3. The zero-order chi connectivity index (χ0) is 10.6. The molecule has 76 valence electrons. The van der Waals surface area contributed by atoms with E-state index in [0.29, 0.717) is 0 Å². The lowest BCUT2D eigenvalue weighted by atomic mass is 10.2. The van der Waals surface area contributed by atoms with E-state index in [4.69, 9.17) is 5.84 Å². The third-order valence-corrected chi connectivity index (χ3v) is 1.53. The summed E-state index contributed by atoms with van der Waals surface area (Å²) < 4.78 is 0. The van der Waals surface area contributed by atoms with E-state index in [2.05, 4.69) is 10.2 Å². The highest BCUT2D eigenvalue weighted by atomic mass is 16.2. The molecule has 0 atom stereocenters. The number of aromatic amines is 2. The normalized spacial score (nSPS) is 9.79. The molecule has 0 aliphatic rings. The van der Waals surface area contributed by atoms with Crippen LogP contribution < -0.4 is 22.5 Å². The first-order valence-electron chi connectivity index (χ1n) is 3.81. The SMILES string of the molecule is NNC(=O)CCc1n[nH]c(=O)[nH]c1=O. The largest absolute Gasteiger partial charge is 0.342 e. The Morgan fingerprint density at radius 1 is 1.50 bits per heavy atom. The lowest BCUT2D eigenvalue weighted by Gasteiger charge is -1.97. The molecule has 0 bridgehead atoms. The van der Waals surface area contributed by atoms with Gasteiger partial charge in [-0.3, -0.25) is 20.0 Å². The van der Waals surface area contributed by atoms with Crippen molar-refractivity contribution in [2.75, 3.05) is 0 Å². The number of nitrogens with one attached hydrogen (secondary N) is 3. The second-order valence-corrected chi connectivity index (χ2v) is 2.52. The Morgan fingerprint density at radius 2 is 2.21 bits per heavy atom. The van der Waals surface area contributed by atoms with Gasteiger partial charge in [-0.05, 0) is 0 Å². The minimum Gasteiger partial charge on any atom is -0.294 e. The minimum absolute atomic E-state index is 0.0403. The molecule has 0 radical (unpaired) electrons. The van der Waals surface area contributed by atoms with Gasteiger partial charge in [-0.25, -0.2) is 15.7 Å². The molecule has 8 nitrogen and oxygen atoms in total. The van der Waals surface area contributed by atoms with Crippen molar-refractivity contribution in [2.45, 2.75) is 12.8 Å². The molecule has 0 fully saturated rings. The summed E-state index contributed by atoms with van der Waals surface area (Å²) in [6.07, 6.45) is 0.160. The lowest BCUT2D eigenvalue weighted by Crippen LogP contribution is -2.32. The van der Waals surface area contributed by atoms with Crippen LogP contribution in [0.1, 0.15) is 12.1 Å². The van der Waals surface area contributed by atoms with Crippen molar-refractivity contribution in [3.8, 4) is 0 Å². The molecule has 5 N–H and O–H groups in total. The molecule has 0 aromatic carbocycles. The Kier molecular flexibility index (Phi) is 3.13. The van der Waals surface area contributed by atoms with E-state index in [1.807, 2.05) is 10.4 Å². The van der Waals surface area contributed by atoms with E-state index in [1.54, 1.807) is 0 Å². The summed E-state index contributed by atoms with van der Waals surface area (Å²) in [7, 11) is 0. The minimum atomic E-state index is -0.679. The van der Waals surface area contributed by atoms with Crippen LogP contribution in [0.25, 0.3) is 0 Å². The zero-order valence-electron chi connectivity index (χ0n) is 7.16. The van der Waals surface area contributed by atoms with Gasteiger partial charge in [0.05, 0.1) is 0 Å². The highest BCUT2D eigenvalue weighted by Crippen LogP contribution is 1.88. The van der Waals surface area contributed by atoms with E-state index in [9.17, 15) is 14.4 Å². The number of nitrogens with two attached hydrogens (primary N) is 1. The van der Waals surface area contributed by atoms with Crippen LogP contribution in [0.15, 0.2) is 9.59 Å². The number of carbonyl (C=O) groups is 1. The van der Waals surface area contributed by atoms with Gasteiger partial charge in [0.15, 0.2) is 0 Å². The average molecular weight is 199 g/mol. The van der Waals surface area contributed by atoms with Crippen LogP contribution in [0.2, 0.25) is 0 Å². The van der Waals surface area contributed by atoms with E-state index in [1.165, 1.54) is 0 Å². The van der Waals surface area contributed by atoms with Crippen molar-refractivity contribution in [1.29, 1.82) is 0 Å². The van der Waals surface area contributed by atoms with E-state index < -0.39 is 17.2 Å². The molecular formula is C6H9N5O3. The second kappa shape index (κ2) is 4.33. The number of carbonyl (C=O) groups excluding carboxylic acids is 1. The van der Waals surface area contributed by atoms with Crippen molar-refractivity contribution in [3.63, 3.8) is 0 Å². The number of nitrogens with zero attached hydrogens (tertiary/aromatic N) is 1. The summed E-state index contributed by atoms with van der Waals surface area (Å²) in [5.74, 6) is 4.43. The van der Waals surface area contributed by atoms with Crippen molar-refractivity contribution in [1.82, 2.24) is 20.6 Å². The zero-order valence-corrected chi connectivity index (χ0v) is 7.16.